The zero-order valence-corrected chi connectivity index (χ0v) is 15.7. The van der Waals surface area contributed by atoms with Gasteiger partial charge < -0.3 is 10.1 Å². The molecule has 4 heteroatoms. The number of ether oxygens (including phenoxy) is 1. The number of benzene rings is 3. The Labute approximate surface area is 164 Å². The van der Waals surface area contributed by atoms with Gasteiger partial charge in [-0.05, 0) is 22.4 Å². The highest BCUT2D eigenvalue weighted by Crippen LogP contribution is 2.52. The van der Waals surface area contributed by atoms with E-state index < -0.39 is 0 Å². The van der Waals surface area contributed by atoms with Gasteiger partial charge in [-0.3, -0.25) is 9.79 Å². The van der Waals surface area contributed by atoms with Crippen LogP contribution in [-0.4, -0.2) is 19.3 Å². The second-order valence-electron chi connectivity index (χ2n) is 7.54. The second kappa shape index (κ2) is 6.79. The highest BCUT2D eigenvalue weighted by atomic mass is 16.5. The molecule has 0 saturated carbocycles. The molecule has 0 radical (unpaired) electrons. The fraction of sp³-hybridized carbons (Fsp3) is 0.250. The molecule has 0 amide bonds. The van der Waals surface area contributed by atoms with Gasteiger partial charge >= 0.3 is 5.97 Å². The lowest BCUT2D eigenvalue weighted by molar-refractivity contribution is -0.141. The van der Waals surface area contributed by atoms with Gasteiger partial charge in [0.1, 0.15) is 0 Å². The zero-order valence-electron chi connectivity index (χ0n) is 15.7. The number of esters is 1. The van der Waals surface area contributed by atoms with E-state index in [9.17, 15) is 4.79 Å². The standard InChI is InChI=1S/C24H22N2O2/c1-28-21(27)13-16-14-25-23-19-10-4-5-12-20(19)26-24(22(16)23)18-11-6-8-15-7-2-3-9-17(15)18/h2-12,14,16,22-24,26H,13H2,1H3/t16-,22+,23+,24+/m1/s1. The van der Waals surface area contributed by atoms with Crippen LogP contribution in [0.5, 0.6) is 0 Å². The SMILES string of the molecule is COC(=O)C[C@@H]1C=N[C@H]2c3ccccc3N[C@@H](c3cccc4ccccc34)[C@@H]12. The van der Waals surface area contributed by atoms with Gasteiger partial charge in [0, 0.05) is 29.3 Å². The van der Waals surface area contributed by atoms with Gasteiger partial charge in [0.2, 0.25) is 0 Å². The fourth-order valence-electron chi connectivity index (χ4n) is 4.77. The molecule has 2 heterocycles. The third-order valence-electron chi connectivity index (χ3n) is 6.06. The van der Waals surface area contributed by atoms with Crippen molar-refractivity contribution in [1.29, 1.82) is 0 Å². The third-order valence-corrected chi connectivity index (χ3v) is 6.06. The number of rotatable bonds is 3. The molecule has 0 bridgehead atoms. The smallest absolute Gasteiger partial charge is 0.306 e. The van der Waals surface area contributed by atoms with Crippen molar-refractivity contribution < 1.29 is 9.53 Å². The molecular formula is C24H22N2O2. The van der Waals surface area contributed by atoms with E-state index in [2.05, 4.69) is 72.0 Å². The minimum absolute atomic E-state index is 0.0438. The summed E-state index contributed by atoms with van der Waals surface area (Å²) in [4.78, 5) is 16.9. The van der Waals surface area contributed by atoms with Gasteiger partial charge in [-0.25, -0.2) is 0 Å². The lowest BCUT2D eigenvalue weighted by atomic mass is 9.73. The highest BCUT2D eigenvalue weighted by molar-refractivity contribution is 5.87. The molecule has 2 aliphatic rings. The second-order valence-corrected chi connectivity index (χ2v) is 7.54. The minimum atomic E-state index is -0.187. The van der Waals surface area contributed by atoms with Crippen molar-refractivity contribution in [2.45, 2.75) is 18.5 Å². The third kappa shape index (κ3) is 2.68. The largest absolute Gasteiger partial charge is 0.469 e. The molecule has 28 heavy (non-hydrogen) atoms. The summed E-state index contributed by atoms with van der Waals surface area (Å²) in [5.74, 6) is 0.0229. The first-order valence-corrected chi connectivity index (χ1v) is 9.69. The summed E-state index contributed by atoms with van der Waals surface area (Å²) in [6, 6.07) is 23.4. The predicted octanol–water partition coefficient (Wildman–Crippen LogP) is 4.93. The van der Waals surface area contributed by atoms with E-state index in [1.807, 2.05) is 6.21 Å². The van der Waals surface area contributed by atoms with E-state index in [1.54, 1.807) is 0 Å². The molecule has 4 atom stereocenters. The maximum atomic E-state index is 12.0. The van der Waals surface area contributed by atoms with E-state index >= 15 is 0 Å². The number of anilines is 1. The van der Waals surface area contributed by atoms with E-state index in [4.69, 9.17) is 9.73 Å². The molecule has 2 aliphatic heterocycles. The molecule has 5 rings (SSSR count). The number of aliphatic imine (C=N–C) groups is 1. The normalized spacial score (nSPS) is 25.0. The van der Waals surface area contributed by atoms with E-state index in [0.29, 0.717) is 6.42 Å². The summed E-state index contributed by atoms with van der Waals surface area (Å²) in [5.41, 5.74) is 3.58. The highest BCUT2D eigenvalue weighted by Gasteiger charge is 2.45. The van der Waals surface area contributed by atoms with Crippen LogP contribution in [0.2, 0.25) is 0 Å². The molecule has 0 aliphatic carbocycles. The maximum absolute atomic E-state index is 12.0. The molecular weight excluding hydrogens is 348 g/mol. The van der Waals surface area contributed by atoms with Crippen molar-refractivity contribution in [2.24, 2.45) is 16.8 Å². The van der Waals surface area contributed by atoms with Crippen LogP contribution < -0.4 is 5.32 Å². The van der Waals surface area contributed by atoms with Gasteiger partial charge in [-0.15, -0.1) is 0 Å². The number of carbonyl (C=O) groups is 1. The number of nitrogens with zero attached hydrogens (tertiary/aromatic N) is 1. The lowest BCUT2D eigenvalue weighted by Crippen LogP contribution is -2.34. The fourth-order valence-corrected chi connectivity index (χ4v) is 4.77. The number of methoxy groups -OCH3 is 1. The van der Waals surface area contributed by atoms with Crippen molar-refractivity contribution in [3.63, 3.8) is 0 Å². The van der Waals surface area contributed by atoms with E-state index in [-0.39, 0.29) is 29.9 Å². The summed E-state index contributed by atoms with van der Waals surface area (Å²) in [7, 11) is 1.45. The Morgan fingerprint density at radius 3 is 2.64 bits per heavy atom. The Hall–Kier alpha value is -3.14. The minimum Gasteiger partial charge on any atom is -0.469 e. The number of hydrogen-bond donors (Lipinski definition) is 1. The molecule has 3 aromatic rings. The van der Waals surface area contributed by atoms with Crippen LogP contribution in [0.3, 0.4) is 0 Å². The van der Waals surface area contributed by atoms with Gasteiger partial charge in [0.05, 0.1) is 25.6 Å². The van der Waals surface area contributed by atoms with E-state index in [0.717, 1.165) is 5.69 Å². The summed E-state index contributed by atoms with van der Waals surface area (Å²) in [5, 5.41) is 6.23. The van der Waals surface area contributed by atoms with Crippen molar-refractivity contribution in [2.75, 3.05) is 12.4 Å². The van der Waals surface area contributed by atoms with Crippen LogP contribution in [0.15, 0.2) is 71.7 Å². The molecule has 3 aromatic carbocycles. The van der Waals surface area contributed by atoms with Gasteiger partial charge in [-0.2, -0.15) is 0 Å². The quantitative estimate of drug-likeness (QED) is 0.665. The molecule has 1 N–H and O–H groups in total. The first kappa shape index (κ1) is 17.0. The Bertz CT molecular complexity index is 1070. The topological polar surface area (TPSA) is 50.7 Å². The van der Waals surface area contributed by atoms with Crippen LogP contribution in [0.1, 0.15) is 29.6 Å². The van der Waals surface area contributed by atoms with Gasteiger partial charge in [0.15, 0.2) is 0 Å². The lowest BCUT2D eigenvalue weighted by Gasteiger charge is -2.39. The van der Waals surface area contributed by atoms with Crippen molar-refractivity contribution in [3.8, 4) is 0 Å². The molecule has 0 saturated heterocycles. The number of fused-ring (bicyclic) bond motifs is 4. The van der Waals surface area contributed by atoms with Crippen molar-refractivity contribution in [3.05, 3.63) is 77.9 Å². The number of carbonyl (C=O) groups excluding carboxylic acids is 1. The molecule has 0 unspecified atom stereocenters. The molecule has 0 aromatic heterocycles. The van der Waals surface area contributed by atoms with Crippen LogP contribution in [-0.2, 0) is 9.53 Å². The van der Waals surface area contributed by atoms with Crippen LogP contribution in [0.25, 0.3) is 10.8 Å². The Morgan fingerprint density at radius 1 is 1.00 bits per heavy atom. The first-order chi connectivity index (χ1) is 13.8. The zero-order chi connectivity index (χ0) is 19.1. The summed E-state index contributed by atoms with van der Waals surface area (Å²) >= 11 is 0. The monoisotopic (exact) mass is 370 g/mol. The summed E-state index contributed by atoms with van der Waals surface area (Å²) < 4.78 is 4.95. The van der Waals surface area contributed by atoms with Crippen LogP contribution in [0.4, 0.5) is 5.69 Å². The average Bonchev–Trinajstić information content (AvgIpc) is 3.16. The van der Waals surface area contributed by atoms with Crippen LogP contribution in [0, 0.1) is 11.8 Å². The van der Waals surface area contributed by atoms with Crippen LogP contribution >= 0.6 is 0 Å². The Kier molecular flexibility index (Phi) is 4.12. The molecule has 0 spiro atoms. The number of nitrogens with one attached hydrogen (secondary N) is 1. The average molecular weight is 370 g/mol. The molecule has 0 fully saturated rings. The Morgan fingerprint density at radius 2 is 1.75 bits per heavy atom. The molecule has 140 valence electrons. The summed E-state index contributed by atoms with van der Waals surface area (Å²) in [6.45, 7) is 0. The first-order valence-electron chi connectivity index (χ1n) is 9.69. The van der Waals surface area contributed by atoms with Crippen molar-refractivity contribution in [1.82, 2.24) is 0 Å². The van der Waals surface area contributed by atoms with Gasteiger partial charge in [0.25, 0.3) is 0 Å². The number of hydrogen-bond acceptors (Lipinski definition) is 4. The number of para-hydroxylation sites is 1. The van der Waals surface area contributed by atoms with Crippen molar-refractivity contribution >= 4 is 28.6 Å². The predicted molar refractivity (Wildman–Crippen MR) is 112 cm³/mol. The maximum Gasteiger partial charge on any atom is 0.306 e. The van der Waals surface area contributed by atoms with E-state index in [1.165, 1.54) is 29.0 Å². The van der Waals surface area contributed by atoms with Gasteiger partial charge in [-0.1, -0.05) is 60.7 Å². The molecule has 4 nitrogen and oxygen atoms in total. The Balaban J connectivity index is 1.64. The summed E-state index contributed by atoms with van der Waals surface area (Å²) in [6.07, 6.45) is 2.32.